The number of nitrogens with zero attached hydrogens (tertiary/aromatic N) is 1. The topological polar surface area (TPSA) is 77.1 Å². The van der Waals surface area contributed by atoms with E-state index >= 15 is 0 Å². The van der Waals surface area contributed by atoms with E-state index < -0.39 is 28.9 Å². The van der Waals surface area contributed by atoms with Crippen LogP contribution in [0, 0.1) is 0 Å². The van der Waals surface area contributed by atoms with Gasteiger partial charge in [0, 0.05) is 10.6 Å². The van der Waals surface area contributed by atoms with Gasteiger partial charge in [0.1, 0.15) is 22.5 Å². The molecule has 28 heavy (non-hydrogen) atoms. The highest BCUT2D eigenvalue weighted by molar-refractivity contribution is 6.31. The second kappa shape index (κ2) is 7.70. The van der Waals surface area contributed by atoms with Crippen LogP contribution in [0.2, 0.25) is 5.02 Å². The third kappa shape index (κ3) is 5.44. The van der Waals surface area contributed by atoms with E-state index in [0.29, 0.717) is 16.3 Å². The minimum absolute atomic E-state index is 0.215. The maximum atomic E-state index is 12.4. The Morgan fingerprint density at radius 3 is 2.11 bits per heavy atom. The summed E-state index contributed by atoms with van der Waals surface area (Å²) in [6.45, 7) is 11.2. The molecule has 1 saturated heterocycles. The molecular formula is C20H29ClN2O5. The van der Waals surface area contributed by atoms with Gasteiger partial charge in [-0.3, -0.25) is 0 Å². The lowest BCUT2D eigenvalue weighted by Gasteiger charge is -2.50. The van der Waals surface area contributed by atoms with Gasteiger partial charge in [-0.1, -0.05) is 17.7 Å². The normalized spacial score (nSPS) is 16.1. The summed E-state index contributed by atoms with van der Waals surface area (Å²) in [6.07, 6.45) is -1.03. The first-order chi connectivity index (χ1) is 12.7. The SMILES string of the molecule is COc1ccc(C2(NC(=O)OC(C)(C)C)CN(C(=O)OC(C)(C)C)C2)c(Cl)c1. The summed E-state index contributed by atoms with van der Waals surface area (Å²) in [5, 5.41) is 3.32. The third-order valence-corrected chi connectivity index (χ3v) is 4.32. The molecule has 1 aromatic rings. The highest BCUT2D eigenvalue weighted by atomic mass is 35.5. The zero-order valence-electron chi connectivity index (χ0n) is 17.5. The number of benzene rings is 1. The van der Waals surface area contributed by atoms with Gasteiger partial charge in [-0.05, 0) is 53.7 Å². The number of carbonyl (C=O) groups is 2. The molecule has 2 amide bonds. The molecule has 1 aliphatic rings. The van der Waals surface area contributed by atoms with E-state index in [1.165, 1.54) is 4.90 Å². The molecule has 2 rings (SSSR count). The van der Waals surface area contributed by atoms with Gasteiger partial charge in [-0.15, -0.1) is 0 Å². The van der Waals surface area contributed by atoms with E-state index in [1.54, 1.807) is 66.9 Å². The molecule has 1 aromatic carbocycles. The minimum Gasteiger partial charge on any atom is -0.497 e. The Balaban J connectivity index is 2.26. The molecule has 0 aromatic heterocycles. The van der Waals surface area contributed by atoms with E-state index in [2.05, 4.69) is 5.32 Å². The average molecular weight is 413 g/mol. The van der Waals surface area contributed by atoms with Crippen molar-refractivity contribution in [3.8, 4) is 5.75 Å². The lowest BCUT2D eigenvalue weighted by Crippen LogP contribution is -2.69. The molecule has 0 radical (unpaired) electrons. The number of ether oxygens (including phenoxy) is 3. The molecular weight excluding hydrogens is 384 g/mol. The van der Waals surface area contributed by atoms with Crippen LogP contribution in [-0.4, -0.2) is 48.5 Å². The van der Waals surface area contributed by atoms with Crippen molar-refractivity contribution in [1.82, 2.24) is 10.2 Å². The predicted octanol–water partition coefficient (Wildman–Crippen LogP) is 4.32. The number of nitrogens with one attached hydrogen (secondary N) is 1. The minimum atomic E-state index is -0.872. The van der Waals surface area contributed by atoms with Crippen molar-refractivity contribution in [3.63, 3.8) is 0 Å². The highest BCUT2D eigenvalue weighted by Gasteiger charge is 2.50. The number of hydrogen-bond acceptors (Lipinski definition) is 5. The Labute approximate surface area is 171 Å². The molecule has 0 saturated carbocycles. The molecule has 156 valence electrons. The summed E-state index contributed by atoms with van der Waals surface area (Å²) in [6, 6.07) is 5.21. The van der Waals surface area contributed by atoms with Crippen LogP contribution in [0.1, 0.15) is 47.1 Å². The predicted molar refractivity (Wildman–Crippen MR) is 107 cm³/mol. The zero-order chi connectivity index (χ0) is 21.3. The van der Waals surface area contributed by atoms with Crippen molar-refractivity contribution in [2.75, 3.05) is 20.2 Å². The van der Waals surface area contributed by atoms with Crippen LogP contribution >= 0.6 is 11.6 Å². The molecule has 0 bridgehead atoms. The van der Waals surface area contributed by atoms with E-state index in [1.807, 2.05) is 0 Å². The first-order valence-corrected chi connectivity index (χ1v) is 9.46. The maximum Gasteiger partial charge on any atom is 0.410 e. The molecule has 0 unspecified atom stereocenters. The maximum absolute atomic E-state index is 12.4. The van der Waals surface area contributed by atoms with Crippen molar-refractivity contribution < 1.29 is 23.8 Å². The summed E-state index contributed by atoms with van der Waals surface area (Å²) in [5.41, 5.74) is -1.45. The second-order valence-electron chi connectivity index (χ2n) is 8.89. The van der Waals surface area contributed by atoms with Gasteiger partial charge in [-0.25, -0.2) is 9.59 Å². The smallest absolute Gasteiger partial charge is 0.410 e. The van der Waals surface area contributed by atoms with E-state index in [-0.39, 0.29) is 13.1 Å². The number of methoxy groups -OCH3 is 1. The van der Waals surface area contributed by atoms with Crippen LogP contribution in [0.25, 0.3) is 0 Å². The Morgan fingerprint density at radius 2 is 1.64 bits per heavy atom. The van der Waals surface area contributed by atoms with E-state index in [9.17, 15) is 9.59 Å². The summed E-state index contributed by atoms with van der Waals surface area (Å²) in [4.78, 5) is 26.3. The molecule has 1 aliphatic heterocycles. The number of alkyl carbamates (subject to hydrolysis) is 1. The Bertz CT molecular complexity index is 746. The van der Waals surface area contributed by atoms with Gasteiger partial charge in [0.2, 0.25) is 0 Å². The van der Waals surface area contributed by atoms with Crippen LogP contribution in [-0.2, 0) is 15.0 Å². The standard InChI is InChI=1S/C20H29ClN2O5/c1-18(2,3)27-16(24)22-20(14-9-8-13(26-7)10-15(14)21)11-23(12-20)17(25)28-19(4,5)6/h8-10H,11-12H2,1-7H3,(H,22,24). The number of carbonyl (C=O) groups excluding carboxylic acids is 2. The van der Waals surface area contributed by atoms with Gasteiger partial charge in [-0.2, -0.15) is 0 Å². The molecule has 8 heteroatoms. The van der Waals surface area contributed by atoms with Gasteiger partial charge in [0.05, 0.1) is 20.2 Å². The lowest BCUT2D eigenvalue weighted by atomic mass is 9.82. The van der Waals surface area contributed by atoms with Crippen molar-refractivity contribution in [2.24, 2.45) is 0 Å². The van der Waals surface area contributed by atoms with E-state index in [4.69, 9.17) is 25.8 Å². The molecule has 0 aliphatic carbocycles. The quantitative estimate of drug-likeness (QED) is 0.799. The van der Waals surface area contributed by atoms with Crippen LogP contribution in [0.4, 0.5) is 9.59 Å². The van der Waals surface area contributed by atoms with Crippen molar-refractivity contribution in [2.45, 2.75) is 58.3 Å². The highest BCUT2D eigenvalue weighted by Crippen LogP contribution is 2.38. The Morgan fingerprint density at radius 1 is 1.07 bits per heavy atom. The summed E-state index contributed by atoms with van der Waals surface area (Å²) < 4.78 is 16.0. The fourth-order valence-corrected chi connectivity index (χ4v) is 3.24. The Hall–Kier alpha value is -2.15. The first kappa shape index (κ1) is 22.1. The van der Waals surface area contributed by atoms with E-state index in [0.717, 1.165) is 0 Å². The van der Waals surface area contributed by atoms with Crippen LogP contribution in [0.15, 0.2) is 18.2 Å². The number of likely N-dealkylation sites (tertiary alicyclic amines) is 1. The van der Waals surface area contributed by atoms with Crippen LogP contribution in [0.5, 0.6) is 5.75 Å². The number of halogens is 1. The fraction of sp³-hybridized carbons (Fsp3) is 0.600. The average Bonchev–Trinajstić information content (AvgIpc) is 2.46. The van der Waals surface area contributed by atoms with Crippen LogP contribution < -0.4 is 10.1 Å². The summed E-state index contributed by atoms with van der Waals surface area (Å²) in [5.74, 6) is 0.601. The lowest BCUT2D eigenvalue weighted by molar-refractivity contribution is -0.0229. The molecule has 0 atom stereocenters. The van der Waals surface area contributed by atoms with Crippen LogP contribution in [0.3, 0.4) is 0 Å². The summed E-state index contributed by atoms with van der Waals surface area (Å²) >= 11 is 6.45. The van der Waals surface area contributed by atoms with Gasteiger partial charge in [0.25, 0.3) is 0 Å². The zero-order valence-corrected chi connectivity index (χ0v) is 18.3. The number of hydrogen-bond donors (Lipinski definition) is 1. The largest absolute Gasteiger partial charge is 0.497 e. The van der Waals surface area contributed by atoms with Gasteiger partial charge in [0.15, 0.2) is 0 Å². The molecule has 1 N–H and O–H groups in total. The second-order valence-corrected chi connectivity index (χ2v) is 9.30. The van der Waals surface area contributed by atoms with Crippen molar-refractivity contribution >= 4 is 23.8 Å². The Kier molecular flexibility index (Phi) is 6.09. The molecule has 7 nitrogen and oxygen atoms in total. The van der Waals surface area contributed by atoms with Crippen molar-refractivity contribution in [3.05, 3.63) is 28.8 Å². The number of rotatable bonds is 3. The first-order valence-electron chi connectivity index (χ1n) is 9.08. The van der Waals surface area contributed by atoms with Crippen molar-refractivity contribution in [1.29, 1.82) is 0 Å². The molecule has 1 heterocycles. The number of amides is 2. The fourth-order valence-electron chi connectivity index (χ4n) is 2.89. The monoisotopic (exact) mass is 412 g/mol. The summed E-state index contributed by atoms with van der Waals surface area (Å²) in [7, 11) is 1.55. The molecule has 1 fully saturated rings. The van der Waals surface area contributed by atoms with Gasteiger partial charge < -0.3 is 24.4 Å². The molecule has 0 spiro atoms. The third-order valence-electron chi connectivity index (χ3n) is 4.01. The van der Waals surface area contributed by atoms with Gasteiger partial charge >= 0.3 is 12.2 Å².